The van der Waals surface area contributed by atoms with Gasteiger partial charge in [0.25, 0.3) is 0 Å². The number of carbonyl (C=O) groups excluding carboxylic acids is 1. The molecule has 94 valence electrons. The standard InChI is InChI=1S/C14H14O4/c1-3-9-6-5-7-10-11(15)8-12(18-13(9)10)14(16)17-4-2/h5-8H,3-4H2,1-2H3. The van der Waals surface area contributed by atoms with E-state index in [4.69, 9.17) is 9.15 Å². The Labute approximate surface area is 104 Å². The average Bonchev–Trinajstić information content (AvgIpc) is 2.38. The van der Waals surface area contributed by atoms with Crippen molar-refractivity contribution in [3.05, 3.63) is 45.8 Å². The van der Waals surface area contributed by atoms with Crippen LogP contribution in [0.25, 0.3) is 11.0 Å². The Hall–Kier alpha value is -2.10. The van der Waals surface area contributed by atoms with Crippen LogP contribution in [0.1, 0.15) is 30.0 Å². The number of para-hydroxylation sites is 1. The highest BCUT2D eigenvalue weighted by Crippen LogP contribution is 2.18. The van der Waals surface area contributed by atoms with Crippen LogP contribution in [0.4, 0.5) is 0 Å². The summed E-state index contributed by atoms with van der Waals surface area (Å²) in [5, 5.41) is 0.488. The van der Waals surface area contributed by atoms with Gasteiger partial charge in [0.1, 0.15) is 5.58 Å². The molecule has 4 nitrogen and oxygen atoms in total. The third-order valence-electron chi connectivity index (χ3n) is 2.69. The van der Waals surface area contributed by atoms with Gasteiger partial charge in [0, 0.05) is 6.07 Å². The molecular formula is C14H14O4. The molecule has 1 aromatic heterocycles. The third kappa shape index (κ3) is 2.14. The number of ether oxygens (including phenoxy) is 1. The number of hydrogen-bond donors (Lipinski definition) is 0. The van der Waals surface area contributed by atoms with Crippen LogP contribution >= 0.6 is 0 Å². The molecule has 0 fully saturated rings. The summed E-state index contributed by atoms with van der Waals surface area (Å²) < 4.78 is 10.3. The van der Waals surface area contributed by atoms with Gasteiger partial charge in [0.2, 0.25) is 5.76 Å². The second kappa shape index (κ2) is 5.04. The summed E-state index contributed by atoms with van der Waals surface area (Å²) in [4.78, 5) is 23.5. The van der Waals surface area contributed by atoms with E-state index in [1.165, 1.54) is 6.07 Å². The van der Waals surface area contributed by atoms with Crippen molar-refractivity contribution in [2.24, 2.45) is 0 Å². The molecule has 0 aliphatic heterocycles. The van der Waals surface area contributed by atoms with Gasteiger partial charge < -0.3 is 9.15 Å². The fourth-order valence-electron chi connectivity index (χ4n) is 1.82. The average molecular weight is 246 g/mol. The molecule has 0 N–H and O–H groups in total. The maximum absolute atomic E-state index is 11.9. The number of fused-ring (bicyclic) bond motifs is 1. The lowest BCUT2D eigenvalue weighted by Crippen LogP contribution is -2.10. The van der Waals surface area contributed by atoms with Crippen molar-refractivity contribution >= 4 is 16.9 Å². The first-order valence-electron chi connectivity index (χ1n) is 5.90. The molecule has 0 aliphatic carbocycles. The van der Waals surface area contributed by atoms with Crippen LogP contribution < -0.4 is 5.43 Å². The summed E-state index contributed by atoms with van der Waals surface area (Å²) in [6.45, 7) is 3.91. The van der Waals surface area contributed by atoms with Crippen LogP contribution in [0.2, 0.25) is 0 Å². The first kappa shape index (κ1) is 12.4. The SMILES string of the molecule is CCOC(=O)c1cc(=O)c2cccc(CC)c2o1. The summed E-state index contributed by atoms with van der Waals surface area (Å²) in [5.41, 5.74) is 1.14. The quantitative estimate of drug-likeness (QED) is 0.781. The molecule has 0 unspecified atom stereocenters. The van der Waals surface area contributed by atoms with E-state index >= 15 is 0 Å². The van der Waals surface area contributed by atoms with Crippen molar-refractivity contribution in [2.45, 2.75) is 20.3 Å². The fraction of sp³-hybridized carbons (Fsp3) is 0.286. The molecule has 0 saturated carbocycles. The molecular weight excluding hydrogens is 232 g/mol. The summed E-state index contributed by atoms with van der Waals surface area (Å²) in [7, 11) is 0. The molecule has 0 spiro atoms. The van der Waals surface area contributed by atoms with Crippen molar-refractivity contribution in [1.82, 2.24) is 0 Å². The third-order valence-corrected chi connectivity index (χ3v) is 2.69. The zero-order valence-corrected chi connectivity index (χ0v) is 10.4. The molecule has 0 atom stereocenters. The van der Waals surface area contributed by atoms with Gasteiger partial charge in [-0.3, -0.25) is 4.79 Å². The molecule has 1 aromatic carbocycles. The normalized spacial score (nSPS) is 10.6. The topological polar surface area (TPSA) is 56.5 Å². The number of aryl methyl sites for hydroxylation is 1. The fourth-order valence-corrected chi connectivity index (χ4v) is 1.82. The molecule has 2 aromatic rings. The van der Waals surface area contributed by atoms with Gasteiger partial charge in [-0.1, -0.05) is 19.1 Å². The number of esters is 1. The molecule has 4 heteroatoms. The van der Waals surface area contributed by atoms with Gasteiger partial charge in [-0.2, -0.15) is 0 Å². The number of hydrogen-bond acceptors (Lipinski definition) is 4. The Morgan fingerprint density at radius 2 is 2.11 bits per heavy atom. The van der Waals surface area contributed by atoms with Crippen LogP contribution in [-0.4, -0.2) is 12.6 Å². The predicted octanol–water partition coefficient (Wildman–Crippen LogP) is 2.53. The van der Waals surface area contributed by atoms with Crippen LogP contribution in [-0.2, 0) is 11.2 Å². The van der Waals surface area contributed by atoms with E-state index in [1.807, 2.05) is 19.1 Å². The van der Waals surface area contributed by atoms with E-state index in [0.717, 1.165) is 12.0 Å². The number of rotatable bonds is 3. The molecule has 0 saturated heterocycles. The van der Waals surface area contributed by atoms with Gasteiger partial charge in [0.15, 0.2) is 5.43 Å². The minimum absolute atomic E-state index is 0.0461. The summed E-state index contributed by atoms with van der Waals surface area (Å²) in [6.07, 6.45) is 0.729. The van der Waals surface area contributed by atoms with Gasteiger partial charge in [-0.05, 0) is 25.0 Å². The second-order valence-corrected chi connectivity index (χ2v) is 3.84. The number of carbonyl (C=O) groups is 1. The molecule has 0 aliphatic rings. The lowest BCUT2D eigenvalue weighted by molar-refractivity contribution is 0.0490. The highest BCUT2D eigenvalue weighted by molar-refractivity contribution is 5.89. The van der Waals surface area contributed by atoms with Crippen LogP contribution in [0, 0.1) is 0 Å². The van der Waals surface area contributed by atoms with Crippen molar-refractivity contribution < 1.29 is 13.9 Å². The predicted molar refractivity (Wildman–Crippen MR) is 67.8 cm³/mol. The molecule has 18 heavy (non-hydrogen) atoms. The maximum atomic E-state index is 11.9. The Balaban J connectivity index is 2.67. The minimum atomic E-state index is -0.609. The van der Waals surface area contributed by atoms with E-state index in [9.17, 15) is 9.59 Å². The van der Waals surface area contributed by atoms with E-state index in [-0.39, 0.29) is 17.8 Å². The zero-order valence-electron chi connectivity index (χ0n) is 10.4. The largest absolute Gasteiger partial charge is 0.460 e. The molecule has 1 heterocycles. The Morgan fingerprint density at radius 3 is 2.78 bits per heavy atom. The van der Waals surface area contributed by atoms with Gasteiger partial charge in [-0.25, -0.2) is 4.79 Å². The molecule has 0 bridgehead atoms. The van der Waals surface area contributed by atoms with E-state index < -0.39 is 5.97 Å². The Bertz CT molecular complexity index is 640. The lowest BCUT2D eigenvalue weighted by atomic mass is 10.1. The van der Waals surface area contributed by atoms with E-state index in [2.05, 4.69) is 0 Å². The summed E-state index contributed by atoms with van der Waals surface area (Å²) in [6, 6.07) is 6.55. The maximum Gasteiger partial charge on any atom is 0.374 e. The first-order valence-corrected chi connectivity index (χ1v) is 5.90. The van der Waals surface area contributed by atoms with Crippen LogP contribution in [0.15, 0.2) is 33.5 Å². The zero-order chi connectivity index (χ0) is 13.1. The highest BCUT2D eigenvalue weighted by atomic mass is 16.5. The molecule has 2 rings (SSSR count). The second-order valence-electron chi connectivity index (χ2n) is 3.84. The van der Waals surface area contributed by atoms with Crippen molar-refractivity contribution in [3.8, 4) is 0 Å². The first-order chi connectivity index (χ1) is 8.67. The molecule has 0 amide bonds. The number of benzene rings is 1. The minimum Gasteiger partial charge on any atom is -0.460 e. The van der Waals surface area contributed by atoms with Gasteiger partial charge in [-0.15, -0.1) is 0 Å². The highest BCUT2D eigenvalue weighted by Gasteiger charge is 2.14. The monoisotopic (exact) mass is 246 g/mol. The summed E-state index contributed by atoms with van der Waals surface area (Å²) >= 11 is 0. The van der Waals surface area contributed by atoms with Crippen LogP contribution in [0.5, 0.6) is 0 Å². The van der Waals surface area contributed by atoms with E-state index in [1.54, 1.807) is 13.0 Å². The smallest absolute Gasteiger partial charge is 0.374 e. The molecule has 0 radical (unpaired) electrons. The van der Waals surface area contributed by atoms with E-state index in [0.29, 0.717) is 11.0 Å². The Kier molecular flexibility index (Phi) is 3.46. The Morgan fingerprint density at radius 1 is 1.33 bits per heavy atom. The van der Waals surface area contributed by atoms with Crippen LogP contribution in [0.3, 0.4) is 0 Å². The summed E-state index contributed by atoms with van der Waals surface area (Å²) in [5.74, 6) is -0.655. The van der Waals surface area contributed by atoms with Crippen molar-refractivity contribution in [1.29, 1.82) is 0 Å². The van der Waals surface area contributed by atoms with Gasteiger partial charge >= 0.3 is 5.97 Å². The lowest BCUT2D eigenvalue weighted by Gasteiger charge is -2.05. The van der Waals surface area contributed by atoms with Gasteiger partial charge in [0.05, 0.1) is 12.0 Å². The van der Waals surface area contributed by atoms with Crippen molar-refractivity contribution in [3.63, 3.8) is 0 Å². The van der Waals surface area contributed by atoms with Crippen molar-refractivity contribution in [2.75, 3.05) is 6.61 Å².